The zero-order valence-electron chi connectivity index (χ0n) is 22.9. The average molecular weight is 638 g/mol. The van der Waals surface area contributed by atoms with Gasteiger partial charge in [0.1, 0.15) is 35.6 Å². The molecule has 4 N–H and O–H groups in total. The number of hydrogen-bond acceptors (Lipinski definition) is 6. The van der Waals surface area contributed by atoms with Crippen molar-refractivity contribution in [3.63, 3.8) is 0 Å². The molecule has 4 aromatic rings. The van der Waals surface area contributed by atoms with E-state index in [0.717, 1.165) is 5.56 Å². The molecule has 1 unspecified atom stereocenters. The number of H-pyrrole nitrogens is 1. The third kappa shape index (κ3) is 5.80. The molecule has 3 amide bonds. The fourth-order valence-corrected chi connectivity index (χ4v) is 5.47. The molecule has 5 rings (SSSR count). The van der Waals surface area contributed by atoms with Crippen molar-refractivity contribution in [1.29, 1.82) is 0 Å². The number of urea groups is 1. The standard InChI is InChI=1S/C31H30BrFN4O5/c1-17(19-6-4-3-5-7-19)28(29-34-18(2)26(35-29)24-13-10-21(32)14-25(24)33)37-30(40)27(36-31(37)41)20-8-11-22(12-9-20)42-23(15-38)16-39/h3-14,17,23,27-28,38-39H,15-16H2,1-2H3,(H,34,35)(H,36,41)/t17-,27+,28?/m0/s1. The van der Waals surface area contributed by atoms with Gasteiger partial charge in [0.25, 0.3) is 5.91 Å². The van der Waals surface area contributed by atoms with E-state index < -0.39 is 35.9 Å². The van der Waals surface area contributed by atoms with E-state index in [1.54, 1.807) is 43.3 Å². The van der Waals surface area contributed by atoms with Crippen molar-refractivity contribution < 1.29 is 28.9 Å². The van der Waals surface area contributed by atoms with Crippen molar-refractivity contribution in [3.05, 3.63) is 106 Å². The van der Waals surface area contributed by atoms with Gasteiger partial charge >= 0.3 is 6.03 Å². The molecule has 1 saturated heterocycles. The third-order valence-electron chi connectivity index (χ3n) is 7.34. The van der Waals surface area contributed by atoms with Gasteiger partial charge in [-0.05, 0) is 48.4 Å². The fourth-order valence-electron chi connectivity index (χ4n) is 5.14. The van der Waals surface area contributed by atoms with Crippen LogP contribution in [0.1, 0.15) is 47.6 Å². The highest BCUT2D eigenvalue weighted by atomic mass is 79.9. The van der Waals surface area contributed by atoms with Crippen LogP contribution >= 0.6 is 15.9 Å². The summed E-state index contributed by atoms with van der Waals surface area (Å²) in [6.45, 7) is 2.98. The van der Waals surface area contributed by atoms with Gasteiger partial charge in [0, 0.05) is 21.6 Å². The number of imide groups is 1. The summed E-state index contributed by atoms with van der Waals surface area (Å²) < 4.78 is 21.0. The molecule has 1 aromatic heterocycles. The second-order valence-electron chi connectivity index (χ2n) is 10.1. The van der Waals surface area contributed by atoms with Crippen LogP contribution in [0.15, 0.2) is 77.3 Å². The Kier molecular flexibility index (Phi) is 8.72. The van der Waals surface area contributed by atoms with Crippen LogP contribution in [0, 0.1) is 12.7 Å². The van der Waals surface area contributed by atoms with Gasteiger partial charge in [0.05, 0.1) is 18.9 Å². The Labute approximate surface area is 250 Å². The van der Waals surface area contributed by atoms with Crippen molar-refractivity contribution >= 4 is 27.9 Å². The highest BCUT2D eigenvalue weighted by Crippen LogP contribution is 2.40. The molecule has 218 valence electrons. The predicted octanol–water partition coefficient (Wildman–Crippen LogP) is 5.16. The fraction of sp³-hybridized carbons (Fsp3) is 0.258. The zero-order chi connectivity index (χ0) is 30.0. The quantitative estimate of drug-likeness (QED) is 0.178. The van der Waals surface area contributed by atoms with Gasteiger partial charge < -0.3 is 25.3 Å². The molecule has 9 nitrogen and oxygen atoms in total. The molecule has 1 aliphatic rings. The van der Waals surface area contributed by atoms with Gasteiger partial charge in [0.15, 0.2) is 0 Å². The Morgan fingerprint density at radius 1 is 1.05 bits per heavy atom. The number of rotatable bonds is 10. The van der Waals surface area contributed by atoms with E-state index in [1.807, 2.05) is 37.3 Å². The number of aromatic nitrogens is 2. The maximum absolute atomic E-state index is 14.9. The van der Waals surface area contributed by atoms with Crippen molar-refractivity contribution in [3.8, 4) is 17.0 Å². The summed E-state index contributed by atoms with van der Waals surface area (Å²) in [7, 11) is 0. The van der Waals surface area contributed by atoms with Crippen LogP contribution in [0.3, 0.4) is 0 Å². The number of imidazole rings is 1. The summed E-state index contributed by atoms with van der Waals surface area (Å²) >= 11 is 3.28. The molecule has 3 atom stereocenters. The van der Waals surface area contributed by atoms with Crippen molar-refractivity contribution in [2.75, 3.05) is 13.2 Å². The number of nitrogens with one attached hydrogen (secondary N) is 2. The molecule has 2 heterocycles. The second kappa shape index (κ2) is 12.4. The first-order chi connectivity index (χ1) is 20.2. The Balaban J connectivity index is 1.51. The Morgan fingerprint density at radius 2 is 1.74 bits per heavy atom. The number of hydrogen-bond donors (Lipinski definition) is 4. The lowest BCUT2D eigenvalue weighted by Crippen LogP contribution is -2.38. The summed E-state index contributed by atoms with van der Waals surface area (Å²) in [5, 5.41) is 21.3. The number of aliphatic hydroxyl groups is 2. The van der Waals surface area contributed by atoms with E-state index in [-0.39, 0.29) is 19.1 Å². The molecule has 11 heteroatoms. The van der Waals surface area contributed by atoms with E-state index in [4.69, 9.17) is 9.72 Å². The lowest BCUT2D eigenvalue weighted by atomic mass is 9.91. The summed E-state index contributed by atoms with van der Waals surface area (Å²) in [5.74, 6) is -0.527. The molecular formula is C31H30BrFN4O5. The number of benzene rings is 3. The average Bonchev–Trinajstić information content (AvgIpc) is 3.51. The number of carbonyl (C=O) groups excluding carboxylic acids is 2. The van der Waals surface area contributed by atoms with Crippen LogP contribution in [-0.2, 0) is 4.79 Å². The topological polar surface area (TPSA) is 128 Å². The molecule has 0 aliphatic carbocycles. The van der Waals surface area contributed by atoms with E-state index in [1.165, 1.54) is 11.0 Å². The number of nitrogens with zero attached hydrogens (tertiary/aromatic N) is 2. The smallest absolute Gasteiger partial charge is 0.325 e. The zero-order valence-corrected chi connectivity index (χ0v) is 24.5. The third-order valence-corrected chi connectivity index (χ3v) is 7.83. The normalized spacial score (nSPS) is 16.5. The van der Waals surface area contributed by atoms with Gasteiger partial charge in [-0.15, -0.1) is 0 Å². The number of amides is 3. The molecule has 0 bridgehead atoms. The van der Waals surface area contributed by atoms with Crippen molar-refractivity contribution in [2.45, 2.75) is 38.0 Å². The van der Waals surface area contributed by atoms with Crippen molar-refractivity contribution in [2.24, 2.45) is 0 Å². The number of ether oxygens (including phenoxy) is 1. The Morgan fingerprint density at radius 3 is 2.38 bits per heavy atom. The van der Waals surface area contributed by atoms with Crippen LogP contribution in [0.25, 0.3) is 11.3 Å². The van der Waals surface area contributed by atoms with Gasteiger partial charge in [-0.1, -0.05) is 65.3 Å². The van der Waals surface area contributed by atoms with E-state index in [2.05, 4.69) is 26.2 Å². The minimum absolute atomic E-state index is 0.298. The van der Waals surface area contributed by atoms with Crippen LogP contribution < -0.4 is 10.1 Å². The lowest BCUT2D eigenvalue weighted by molar-refractivity contribution is -0.129. The monoisotopic (exact) mass is 636 g/mol. The van der Waals surface area contributed by atoms with E-state index in [0.29, 0.717) is 38.6 Å². The second-order valence-corrected chi connectivity index (χ2v) is 11.0. The number of aromatic amines is 1. The minimum atomic E-state index is -0.956. The molecule has 1 aliphatic heterocycles. The van der Waals surface area contributed by atoms with E-state index >= 15 is 0 Å². The highest BCUT2D eigenvalue weighted by molar-refractivity contribution is 9.10. The van der Waals surface area contributed by atoms with Gasteiger partial charge in [-0.2, -0.15) is 0 Å². The Hall–Kier alpha value is -4.06. The van der Waals surface area contributed by atoms with Crippen LogP contribution in [0.2, 0.25) is 0 Å². The number of aliphatic hydroxyl groups excluding tert-OH is 2. The summed E-state index contributed by atoms with van der Waals surface area (Å²) in [5.41, 5.74) is 2.71. The van der Waals surface area contributed by atoms with Crippen LogP contribution in [0.5, 0.6) is 5.75 Å². The SMILES string of the molecule is Cc1[nH]c(C([C@@H](C)c2ccccc2)N2C(=O)N[C@H](c3ccc(OC(CO)CO)cc3)C2=O)nc1-c1ccc(Br)cc1F. The first-order valence-electron chi connectivity index (χ1n) is 13.4. The highest BCUT2D eigenvalue weighted by Gasteiger charge is 2.46. The lowest BCUT2D eigenvalue weighted by Gasteiger charge is -2.29. The predicted molar refractivity (Wildman–Crippen MR) is 157 cm³/mol. The maximum atomic E-state index is 14.9. The van der Waals surface area contributed by atoms with Gasteiger partial charge in [0.2, 0.25) is 0 Å². The van der Waals surface area contributed by atoms with Crippen LogP contribution in [0.4, 0.5) is 9.18 Å². The summed E-state index contributed by atoms with van der Waals surface area (Å²) in [6.07, 6.45) is -0.771. The molecule has 0 saturated carbocycles. The number of aryl methyl sites for hydroxylation is 1. The first kappa shape index (κ1) is 29.4. The van der Waals surface area contributed by atoms with Crippen molar-refractivity contribution in [1.82, 2.24) is 20.2 Å². The largest absolute Gasteiger partial charge is 0.486 e. The number of carbonyl (C=O) groups is 2. The molecule has 0 spiro atoms. The summed E-state index contributed by atoms with van der Waals surface area (Å²) in [6, 6.07) is 18.4. The molecule has 3 aromatic carbocycles. The maximum Gasteiger partial charge on any atom is 0.325 e. The molecule has 0 radical (unpaired) electrons. The molecule has 1 fully saturated rings. The Bertz CT molecular complexity index is 1580. The number of halogens is 2. The minimum Gasteiger partial charge on any atom is -0.486 e. The van der Waals surface area contributed by atoms with Crippen LogP contribution in [-0.4, -0.2) is 56.3 Å². The van der Waals surface area contributed by atoms with Gasteiger partial charge in [-0.3, -0.25) is 9.69 Å². The van der Waals surface area contributed by atoms with E-state index in [9.17, 15) is 24.2 Å². The molecular weight excluding hydrogens is 607 g/mol. The van der Waals surface area contributed by atoms with Gasteiger partial charge in [-0.25, -0.2) is 14.2 Å². The molecule has 42 heavy (non-hydrogen) atoms. The summed E-state index contributed by atoms with van der Waals surface area (Å²) in [4.78, 5) is 36.5. The first-order valence-corrected chi connectivity index (χ1v) is 14.2.